The second-order valence-electron chi connectivity index (χ2n) is 8.58. The maximum atomic E-state index is 13.8. The highest BCUT2D eigenvalue weighted by atomic mass is 35.5. The molecule has 3 rings (SSSR count). The topological polar surface area (TPSA) is 67.9 Å². The van der Waals surface area contributed by atoms with Gasteiger partial charge in [0.15, 0.2) is 11.5 Å². The van der Waals surface area contributed by atoms with Gasteiger partial charge in [-0.05, 0) is 43.0 Å². The Hall–Kier alpha value is -2.73. The molecule has 0 heterocycles. The molecule has 0 aliphatic heterocycles. The maximum Gasteiger partial charge on any atom is 0.247 e. The SMILES string of the molecule is CCOc1ccc(C(C(=O)NC2CCCCCC2)N(Cc2ccccc2)C(=O)CCl)cc1OC. The monoisotopic (exact) mass is 486 g/mol. The largest absolute Gasteiger partial charge is 0.493 e. The molecule has 184 valence electrons. The predicted octanol–water partition coefficient (Wildman–Crippen LogP) is 5.24. The van der Waals surface area contributed by atoms with Crippen molar-refractivity contribution in [1.29, 1.82) is 0 Å². The summed E-state index contributed by atoms with van der Waals surface area (Å²) in [5, 5.41) is 3.23. The van der Waals surface area contributed by atoms with Crippen molar-refractivity contribution in [2.75, 3.05) is 19.6 Å². The van der Waals surface area contributed by atoms with Gasteiger partial charge in [-0.2, -0.15) is 0 Å². The van der Waals surface area contributed by atoms with E-state index in [1.54, 1.807) is 24.1 Å². The Bertz CT molecular complexity index is 929. The van der Waals surface area contributed by atoms with Gasteiger partial charge in [0.1, 0.15) is 11.9 Å². The van der Waals surface area contributed by atoms with Crippen LogP contribution in [0.15, 0.2) is 48.5 Å². The molecule has 6 nitrogen and oxygen atoms in total. The van der Waals surface area contributed by atoms with Crippen LogP contribution in [0.25, 0.3) is 0 Å². The van der Waals surface area contributed by atoms with Crippen LogP contribution in [-0.4, -0.2) is 42.4 Å². The summed E-state index contributed by atoms with van der Waals surface area (Å²) in [6.45, 7) is 2.66. The minimum absolute atomic E-state index is 0.103. The highest BCUT2D eigenvalue weighted by Crippen LogP contribution is 2.33. The summed E-state index contributed by atoms with van der Waals surface area (Å²) in [6, 6.07) is 14.3. The van der Waals surface area contributed by atoms with Crippen LogP contribution in [0.3, 0.4) is 0 Å². The number of amides is 2. The van der Waals surface area contributed by atoms with Gasteiger partial charge in [0, 0.05) is 12.6 Å². The smallest absolute Gasteiger partial charge is 0.247 e. The molecule has 34 heavy (non-hydrogen) atoms. The quantitative estimate of drug-likeness (QED) is 0.368. The molecule has 0 spiro atoms. The number of benzene rings is 2. The lowest BCUT2D eigenvalue weighted by Crippen LogP contribution is -2.46. The van der Waals surface area contributed by atoms with Crippen molar-refractivity contribution < 1.29 is 19.1 Å². The molecule has 1 aliphatic carbocycles. The summed E-state index contributed by atoms with van der Waals surface area (Å²) in [7, 11) is 1.56. The van der Waals surface area contributed by atoms with E-state index in [2.05, 4.69) is 5.32 Å². The summed E-state index contributed by atoms with van der Waals surface area (Å²) in [5.74, 6) is 0.389. The van der Waals surface area contributed by atoms with Crippen molar-refractivity contribution in [3.8, 4) is 11.5 Å². The highest BCUT2D eigenvalue weighted by Gasteiger charge is 2.33. The second-order valence-corrected chi connectivity index (χ2v) is 8.85. The summed E-state index contributed by atoms with van der Waals surface area (Å²) in [5.41, 5.74) is 1.58. The molecule has 1 atom stereocenters. The van der Waals surface area contributed by atoms with Crippen molar-refractivity contribution >= 4 is 23.4 Å². The lowest BCUT2D eigenvalue weighted by atomic mass is 10.0. The normalized spacial score (nSPS) is 15.1. The van der Waals surface area contributed by atoms with Gasteiger partial charge < -0.3 is 19.7 Å². The number of hydrogen-bond acceptors (Lipinski definition) is 4. The first-order valence-electron chi connectivity index (χ1n) is 12.1. The summed E-state index contributed by atoms with van der Waals surface area (Å²) >= 11 is 6.02. The van der Waals surface area contributed by atoms with Crippen LogP contribution in [0.4, 0.5) is 0 Å². The number of ether oxygens (including phenoxy) is 2. The molecular weight excluding hydrogens is 452 g/mol. The molecule has 2 aromatic carbocycles. The third-order valence-corrected chi connectivity index (χ3v) is 6.42. The minimum Gasteiger partial charge on any atom is -0.493 e. The lowest BCUT2D eigenvalue weighted by Gasteiger charge is -2.32. The fourth-order valence-electron chi connectivity index (χ4n) is 4.49. The average molecular weight is 487 g/mol. The highest BCUT2D eigenvalue weighted by molar-refractivity contribution is 6.27. The van der Waals surface area contributed by atoms with Gasteiger partial charge in [0.2, 0.25) is 11.8 Å². The van der Waals surface area contributed by atoms with Gasteiger partial charge in [-0.15, -0.1) is 11.6 Å². The molecule has 1 N–H and O–H groups in total. The Morgan fingerprint density at radius 1 is 1.06 bits per heavy atom. The van der Waals surface area contributed by atoms with Crippen LogP contribution < -0.4 is 14.8 Å². The van der Waals surface area contributed by atoms with E-state index in [9.17, 15) is 9.59 Å². The summed E-state index contributed by atoms with van der Waals surface area (Å²) in [6.07, 6.45) is 6.48. The third-order valence-electron chi connectivity index (χ3n) is 6.20. The molecule has 0 saturated heterocycles. The van der Waals surface area contributed by atoms with Crippen LogP contribution in [0.2, 0.25) is 0 Å². The van der Waals surface area contributed by atoms with E-state index >= 15 is 0 Å². The van der Waals surface area contributed by atoms with E-state index in [0.29, 0.717) is 23.7 Å². The van der Waals surface area contributed by atoms with Gasteiger partial charge in [-0.25, -0.2) is 0 Å². The number of halogens is 1. The van der Waals surface area contributed by atoms with E-state index in [4.69, 9.17) is 21.1 Å². The molecule has 0 radical (unpaired) electrons. The van der Waals surface area contributed by atoms with E-state index in [-0.39, 0.29) is 30.3 Å². The van der Waals surface area contributed by atoms with Gasteiger partial charge in [0.05, 0.1) is 13.7 Å². The number of carbonyl (C=O) groups is 2. The first kappa shape index (κ1) is 25.9. The van der Waals surface area contributed by atoms with Crippen LogP contribution >= 0.6 is 11.6 Å². The fraction of sp³-hybridized carbons (Fsp3) is 0.481. The van der Waals surface area contributed by atoms with Gasteiger partial charge in [-0.3, -0.25) is 9.59 Å². The van der Waals surface area contributed by atoms with Crippen LogP contribution in [-0.2, 0) is 16.1 Å². The number of nitrogens with one attached hydrogen (secondary N) is 1. The Balaban J connectivity index is 2.00. The molecule has 1 fully saturated rings. The van der Waals surface area contributed by atoms with Gasteiger partial charge in [-0.1, -0.05) is 62.1 Å². The summed E-state index contributed by atoms with van der Waals surface area (Å²) < 4.78 is 11.2. The van der Waals surface area contributed by atoms with E-state index in [1.807, 2.05) is 43.3 Å². The van der Waals surface area contributed by atoms with E-state index in [1.165, 1.54) is 12.8 Å². The molecule has 1 unspecified atom stereocenters. The van der Waals surface area contributed by atoms with E-state index in [0.717, 1.165) is 31.2 Å². The van der Waals surface area contributed by atoms with Crippen molar-refractivity contribution in [2.45, 2.75) is 64.1 Å². The van der Waals surface area contributed by atoms with Gasteiger partial charge >= 0.3 is 0 Å². The molecule has 1 aliphatic rings. The number of hydrogen-bond donors (Lipinski definition) is 1. The standard InChI is InChI=1S/C27H35ClN2O4/c1-3-34-23-16-15-21(17-24(23)33-2)26(27(32)29-22-13-9-4-5-10-14-22)30(25(31)18-28)19-20-11-7-6-8-12-20/h6-8,11-12,15-17,22,26H,3-5,9-10,13-14,18-19H2,1-2H3,(H,29,32). The average Bonchev–Trinajstić information content (AvgIpc) is 3.13. The molecule has 0 aromatic heterocycles. The molecule has 0 bridgehead atoms. The second kappa shape index (κ2) is 13.2. The molecule has 7 heteroatoms. The van der Waals surface area contributed by atoms with Crippen LogP contribution in [0, 0.1) is 0 Å². The number of nitrogens with zero attached hydrogens (tertiary/aromatic N) is 1. The Kier molecular flexibility index (Phi) is 10.1. The molecular formula is C27H35ClN2O4. The molecule has 2 amide bonds. The number of methoxy groups -OCH3 is 1. The maximum absolute atomic E-state index is 13.8. The zero-order valence-electron chi connectivity index (χ0n) is 20.1. The van der Waals surface area contributed by atoms with Gasteiger partial charge in [0.25, 0.3) is 0 Å². The molecule has 1 saturated carbocycles. The fourth-order valence-corrected chi connectivity index (χ4v) is 4.64. The summed E-state index contributed by atoms with van der Waals surface area (Å²) in [4.78, 5) is 28.4. The zero-order valence-corrected chi connectivity index (χ0v) is 20.9. The Morgan fingerprint density at radius 3 is 2.38 bits per heavy atom. The van der Waals surface area contributed by atoms with Crippen molar-refractivity contribution in [3.05, 3.63) is 59.7 Å². The first-order valence-corrected chi connectivity index (χ1v) is 12.6. The third kappa shape index (κ3) is 6.89. The zero-order chi connectivity index (χ0) is 24.3. The minimum atomic E-state index is -0.848. The van der Waals surface area contributed by atoms with Crippen molar-refractivity contribution in [1.82, 2.24) is 10.2 Å². The van der Waals surface area contributed by atoms with Crippen molar-refractivity contribution in [3.63, 3.8) is 0 Å². The van der Waals surface area contributed by atoms with Crippen LogP contribution in [0.5, 0.6) is 11.5 Å². The number of alkyl halides is 1. The lowest BCUT2D eigenvalue weighted by molar-refractivity contribution is -0.140. The van der Waals surface area contributed by atoms with Crippen LogP contribution in [0.1, 0.15) is 62.6 Å². The first-order chi connectivity index (χ1) is 16.6. The molecule has 2 aromatic rings. The van der Waals surface area contributed by atoms with Crippen molar-refractivity contribution in [2.24, 2.45) is 0 Å². The Labute approximate surface area is 207 Å². The van der Waals surface area contributed by atoms with E-state index < -0.39 is 6.04 Å². The predicted molar refractivity (Wildman–Crippen MR) is 134 cm³/mol. The number of rotatable bonds is 10. The number of carbonyl (C=O) groups excluding carboxylic acids is 2. The Morgan fingerprint density at radius 2 is 1.76 bits per heavy atom.